The van der Waals surface area contributed by atoms with E-state index < -0.39 is 0 Å². The van der Waals surface area contributed by atoms with Gasteiger partial charge in [0.05, 0.1) is 23.0 Å². The molecule has 0 saturated carbocycles. The molecule has 7 rings (SSSR count). The molecule has 206 valence electrons. The van der Waals surface area contributed by atoms with Crippen LogP contribution in [0.25, 0.3) is 67.3 Å². The van der Waals surface area contributed by atoms with Crippen LogP contribution in [0.3, 0.4) is 0 Å². The summed E-state index contributed by atoms with van der Waals surface area (Å²) >= 11 is 0. The first-order valence-corrected chi connectivity index (χ1v) is 14.6. The summed E-state index contributed by atoms with van der Waals surface area (Å²) in [4.78, 5) is 10.2. The van der Waals surface area contributed by atoms with Crippen molar-refractivity contribution in [2.75, 3.05) is 0 Å². The molecule has 0 aliphatic rings. The Morgan fingerprint density at radius 3 is 1.39 bits per heavy atom. The Morgan fingerprint density at radius 1 is 0.364 bits per heavy atom. The maximum Gasteiger partial charge on any atom is 0.160 e. The molecule has 0 amide bonds. The molecule has 3 heteroatoms. The lowest BCUT2D eigenvalue weighted by atomic mass is 9.94. The molecule has 0 saturated heterocycles. The highest BCUT2D eigenvalue weighted by molar-refractivity contribution is 5.82. The van der Waals surface area contributed by atoms with Crippen molar-refractivity contribution in [1.29, 1.82) is 5.26 Å². The van der Waals surface area contributed by atoms with Crippen molar-refractivity contribution >= 4 is 0 Å². The predicted octanol–water partition coefficient (Wildman–Crippen LogP) is 10.4. The van der Waals surface area contributed by atoms with Gasteiger partial charge < -0.3 is 0 Å². The molecule has 0 aliphatic carbocycles. The second kappa shape index (κ2) is 12.0. The lowest BCUT2D eigenvalue weighted by Crippen LogP contribution is -1.98. The van der Waals surface area contributed by atoms with E-state index in [1.165, 1.54) is 11.1 Å². The van der Waals surface area contributed by atoms with E-state index in [0.717, 1.165) is 44.6 Å². The summed E-state index contributed by atoms with van der Waals surface area (Å²) in [5.74, 6) is 0.606. The van der Waals surface area contributed by atoms with Gasteiger partial charge >= 0.3 is 0 Å². The molecule has 0 unspecified atom stereocenters. The predicted molar refractivity (Wildman–Crippen MR) is 179 cm³/mol. The zero-order valence-electron chi connectivity index (χ0n) is 23.9. The van der Waals surface area contributed by atoms with Gasteiger partial charge in [-0.15, -0.1) is 0 Å². The van der Waals surface area contributed by atoms with Crippen LogP contribution in [0.15, 0.2) is 164 Å². The van der Waals surface area contributed by atoms with Crippen molar-refractivity contribution in [2.45, 2.75) is 0 Å². The van der Waals surface area contributed by atoms with Crippen molar-refractivity contribution in [2.24, 2.45) is 0 Å². The molecule has 3 nitrogen and oxygen atoms in total. The number of aromatic nitrogens is 2. The van der Waals surface area contributed by atoms with E-state index in [1.54, 1.807) is 0 Å². The van der Waals surface area contributed by atoms with Gasteiger partial charge in [-0.1, -0.05) is 133 Å². The van der Waals surface area contributed by atoms with Gasteiger partial charge in [0, 0.05) is 16.7 Å². The fourth-order valence-corrected chi connectivity index (χ4v) is 5.48. The Bertz CT molecular complexity index is 2100. The maximum atomic E-state index is 9.88. The second-order valence-corrected chi connectivity index (χ2v) is 10.6. The van der Waals surface area contributed by atoms with Crippen molar-refractivity contribution in [3.8, 4) is 73.4 Å². The highest BCUT2D eigenvalue weighted by Crippen LogP contribution is 2.35. The fourth-order valence-electron chi connectivity index (χ4n) is 5.48. The van der Waals surface area contributed by atoms with E-state index in [-0.39, 0.29) is 0 Å². The average molecular weight is 562 g/mol. The van der Waals surface area contributed by atoms with E-state index >= 15 is 0 Å². The topological polar surface area (TPSA) is 49.6 Å². The highest BCUT2D eigenvalue weighted by atomic mass is 14.9. The van der Waals surface area contributed by atoms with Crippen LogP contribution in [-0.4, -0.2) is 9.97 Å². The number of hydrogen-bond acceptors (Lipinski definition) is 3. The number of hydrogen-bond donors (Lipinski definition) is 0. The summed E-state index contributed by atoms with van der Waals surface area (Å²) in [6.07, 6.45) is 0. The van der Waals surface area contributed by atoms with Crippen LogP contribution < -0.4 is 0 Å². The first kappa shape index (κ1) is 26.8. The number of nitriles is 1. The van der Waals surface area contributed by atoms with Gasteiger partial charge in [-0.05, 0) is 63.7 Å². The Balaban J connectivity index is 1.41. The van der Waals surface area contributed by atoms with E-state index in [9.17, 15) is 5.26 Å². The van der Waals surface area contributed by atoms with E-state index in [2.05, 4.69) is 97.1 Å². The normalized spacial score (nSPS) is 10.7. The lowest BCUT2D eigenvalue weighted by Gasteiger charge is -2.13. The zero-order chi connectivity index (χ0) is 29.7. The first-order chi connectivity index (χ1) is 21.7. The van der Waals surface area contributed by atoms with E-state index in [1.807, 2.05) is 72.8 Å². The molecular weight excluding hydrogens is 534 g/mol. The van der Waals surface area contributed by atoms with Gasteiger partial charge in [-0.25, -0.2) is 9.97 Å². The summed E-state index contributed by atoms with van der Waals surface area (Å²) in [5, 5.41) is 9.88. The number of rotatable bonds is 6. The zero-order valence-corrected chi connectivity index (χ0v) is 23.9. The van der Waals surface area contributed by atoms with Gasteiger partial charge in [0.2, 0.25) is 0 Å². The SMILES string of the molecule is N#Cc1ccccc1-c1cc(-c2ccccc2)nc(-c2cc(-c3ccccc3)cc(-c3ccc(-c4ccccc4)cc3)c2)n1. The summed E-state index contributed by atoms with van der Waals surface area (Å²) in [6, 6.07) is 58.0. The lowest BCUT2D eigenvalue weighted by molar-refractivity contribution is 1.18. The molecule has 0 bridgehead atoms. The standard InChI is InChI=1S/C41H27N3/c42-28-34-18-10-11-19-38(34)40-27-39(33-16-8-3-9-17-33)43-41(44-40)37-25-35(30-14-6-2-7-15-30)24-36(26-37)32-22-20-31(21-23-32)29-12-4-1-5-13-29/h1-27H. The van der Waals surface area contributed by atoms with Crippen molar-refractivity contribution in [1.82, 2.24) is 9.97 Å². The van der Waals surface area contributed by atoms with Crippen LogP contribution >= 0.6 is 0 Å². The maximum absolute atomic E-state index is 9.88. The molecule has 1 heterocycles. The molecular formula is C41H27N3. The molecule has 0 aliphatic heterocycles. The van der Waals surface area contributed by atoms with Crippen LogP contribution in [0.2, 0.25) is 0 Å². The third kappa shape index (κ3) is 5.53. The summed E-state index contributed by atoms with van der Waals surface area (Å²) < 4.78 is 0. The van der Waals surface area contributed by atoms with Crippen molar-refractivity contribution < 1.29 is 0 Å². The van der Waals surface area contributed by atoms with Crippen molar-refractivity contribution in [3.63, 3.8) is 0 Å². The highest BCUT2D eigenvalue weighted by Gasteiger charge is 2.15. The van der Waals surface area contributed by atoms with Gasteiger partial charge in [-0.3, -0.25) is 0 Å². The molecule has 1 aromatic heterocycles. The minimum absolute atomic E-state index is 0.577. The minimum Gasteiger partial charge on any atom is -0.228 e. The Morgan fingerprint density at radius 2 is 0.795 bits per heavy atom. The van der Waals surface area contributed by atoms with Crippen LogP contribution in [0.5, 0.6) is 0 Å². The van der Waals surface area contributed by atoms with Crippen LogP contribution in [0.1, 0.15) is 5.56 Å². The first-order valence-electron chi connectivity index (χ1n) is 14.6. The van der Waals surface area contributed by atoms with E-state index in [4.69, 9.17) is 9.97 Å². The molecule has 0 N–H and O–H groups in total. The molecule has 0 fully saturated rings. The quantitative estimate of drug-likeness (QED) is 0.203. The van der Waals surface area contributed by atoms with Crippen LogP contribution in [-0.2, 0) is 0 Å². The largest absolute Gasteiger partial charge is 0.228 e. The smallest absolute Gasteiger partial charge is 0.160 e. The molecule has 0 spiro atoms. The fraction of sp³-hybridized carbons (Fsp3) is 0. The Kier molecular flexibility index (Phi) is 7.31. The third-order valence-electron chi connectivity index (χ3n) is 7.74. The molecule has 0 radical (unpaired) electrons. The summed E-state index contributed by atoms with van der Waals surface area (Å²) in [6.45, 7) is 0. The Labute approximate surface area is 257 Å². The van der Waals surface area contributed by atoms with E-state index in [0.29, 0.717) is 17.1 Å². The average Bonchev–Trinajstić information content (AvgIpc) is 3.12. The Hall–Kier alpha value is -6.11. The monoisotopic (exact) mass is 561 g/mol. The van der Waals surface area contributed by atoms with Gasteiger partial charge in [0.1, 0.15) is 0 Å². The number of nitrogens with zero attached hydrogens (tertiary/aromatic N) is 3. The van der Waals surface area contributed by atoms with Crippen LogP contribution in [0, 0.1) is 11.3 Å². The summed E-state index contributed by atoms with van der Waals surface area (Å²) in [7, 11) is 0. The molecule has 0 atom stereocenters. The van der Waals surface area contributed by atoms with Crippen molar-refractivity contribution in [3.05, 3.63) is 169 Å². The van der Waals surface area contributed by atoms with Crippen LogP contribution in [0.4, 0.5) is 0 Å². The summed E-state index contributed by atoms with van der Waals surface area (Å²) in [5.41, 5.74) is 11.5. The van der Waals surface area contributed by atoms with Gasteiger partial charge in [0.25, 0.3) is 0 Å². The third-order valence-corrected chi connectivity index (χ3v) is 7.74. The van der Waals surface area contributed by atoms with Gasteiger partial charge in [-0.2, -0.15) is 5.26 Å². The molecule has 6 aromatic carbocycles. The number of benzene rings is 6. The second-order valence-electron chi connectivity index (χ2n) is 10.6. The molecule has 7 aromatic rings. The van der Waals surface area contributed by atoms with Gasteiger partial charge in [0.15, 0.2) is 5.82 Å². The molecule has 44 heavy (non-hydrogen) atoms. The minimum atomic E-state index is 0.577.